The fourth-order valence-electron chi connectivity index (χ4n) is 6.17. The number of nitrogens with zero attached hydrogens (tertiary/aromatic N) is 3. The molecule has 7 aromatic rings. The normalized spacial score (nSPS) is 12.3. The predicted molar refractivity (Wildman–Crippen MR) is 175 cm³/mol. The van der Waals surface area contributed by atoms with Gasteiger partial charge in [-0.2, -0.15) is 0 Å². The Morgan fingerprint density at radius 1 is 0.738 bits per heavy atom. The molecule has 0 N–H and O–H groups in total. The maximum Gasteiger partial charge on any atom is 0.145 e. The minimum atomic E-state index is -0.127. The van der Waals surface area contributed by atoms with Crippen molar-refractivity contribution in [3.8, 4) is 28.2 Å². The molecule has 42 heavy (non-hydrogen) atoms. The molecule has 7 rings (SSSR count). The Labute approximate surface area is 246 Å². The van der Waals surface area contributed by atoms with Crippen molar-refractivity contribution in [3.63, 3.8) is 0 Å². The molecule has 0 radical (unpaired) electrons. The molecule has 0 saturated heterocycles. The van der Waals surface area contributed by atoms with Gasteiger partial charge >= 0.3 is 0 Å². The summed E-state index contributed by atoms with van der Waals surface area (Å²) >= 11 is 0. The molecule has 0 fully saturated rings. The number of rotatable bonds is 4. The Kier molecular flexibility index (Phi) is 6.05. The van der Waals surface area contributed by atoms with Crippen molar-refractivity contribution < 1.29 is 4.42 Å². The molecule has 208 valence electrons. The lowest BCUT2D eigenvalue weighted by Gasteiger charge is -2.29. The van der Waals surface area contributed by atoms with Gasteiger partial charge in [0.1, 0.15) is 17.0 Å². The highest BCUT2D eigenvalue weighted by molar-refractivity contribution is 6.06. The third-order valence-corrected chi connectivity index (χ3v) is 8.28. The van der Waals surface area contributed by atoms with Crippen LogP contribution < -0.4 is 0 Å². The van der Waals surface area contributed by atoms with Gasteiger partial charge in [0.2, 0.25) is 0 Å². The van der Waals surface area contributed by atoms with Crippen molar-refractivity contribution in [1.82, 2.24) is 14.5 Å². The van der Waals surface area contributed by atoms with E-state index in [0.717, 1.165) is 50.1 Å². The van der Waals surface area contributed by atoms with Gasteiger partial charge in [0.15, 0.2) is 0 Å². The van der Waals surface area contributed by atoms with Crippen molar-refractivity contribution in [2.75, 3.05) is 0 Å². The number of aryl methyl sites for hydroxylation is 1. The highest BCUT2D eigenvalue weighted by atomic mass is 16.3. The van der Waals surface area contributed by atoms with Crippen LogP contribution in [0.1, 0.15) is 57.4 Å². The molecule has 0 spiro atoms. The predicted octanol–water partition coefficient (Wildman–Crippen LogP) is 10.4. The SMILES string of the molecule is Cc1nccc2nc(-c3ccc4oc5ccccc5c4c3)n(-c3c(C(C)C)cc(-c4ccccc4)cc3C(C)(C)C)c12. The summed E-state index contributed by atoms with van der Waals surface area (Å²) in [5.41, 5.74) is 11.9. The van der Waals surface area contributed by atoms with Gasteiger partial charge in [-0.25, -0.2) is 4.98 Å². The molecule has 0 bridgehead atoms. The summed E-state index contributed by atoms with van der Waals surface area (Å²) in [6.45, 7) is 13.6. The number of furan rings is 1. The fourth-order valence-corrected chi connectivity index (χ4v) is 6.17. The number of pyridine rings is 1. The van der Waals surface area contributed by atoms with Crippen LogP contribution in [-0.2, 0) is 5.41 Å². The lowest BCUT2D eigenvalue weighted by Crippen LogP contribution is -2.18. The molecule has 0 unspecified atom stereocenters. The second kappa shape index (κ2) is 9.70. The molecule has 0 aliphatic carbocycles. The quantitative estimate of drug-likeness (QED) is 0.219. The van der Waals surface area contributed by atoms with Gasteiger partial charge in [-0.1, -0.05) is 83.1 Å². The molecule has 0 saturated carbocycles. The Morgan fingerprint density at radius 2 is 1.48 bits per heavy atom. The third-order valence-electron chi connectivity index (χ3n) is 8.28. The largest absolute Gasteiger partial charge is 0.456 e. The van der Waals surface area contributed by atoms with E-state index in [1.807, 2.05) is 24.4 Å². The zero-order chi connectivity index (χ0) is 29.2. The van der Waals surface area contributed by atoms with E-state index in [0.29, 0.717) is 0 Å². The zero-order valence-electron chi connectivity index (χ0n) is 25.1. The zero-order valence-corrected chi connectivity index (χ0v) is 25.1. The van der Waals surface area contributed by atoms with E-state index >= 15 is 0 Å². The van der Waals surface area contributed by atoms with E-state index < -0.39 is 0 Å². The maximum absolute atomic E-state index is 6.17. The van der Waals surface area contributed by atoms with Crippen LogP contribution in [0.3, 0.4) is 0 Å². The first-order valence-electron chi connectivity index (χ1n) is 14.7. The van der Waals surface area contributed by atoms with Crippen LogP contribution in [0.2, 0.25) is 0 Å². The summed E-state index contributed by atoms with van der Waals surface area (Å²) in [6, 6.07) is 32.1. The minimum absolute atomic E-state index is 0.127. The van der Waals surface area contributed by atoms with Crippen molar-refractivity contribution >= 4 is 33.0 Å². The molecule has 4 heteroatoms. The Morgan fingerprint density at radius 3 is 2.24 bits per heavy atom. The second-order valence-corrected chi connectivity index (χ2v) is 12.6. The van der Waals surface area contributed by atoms with Crippen LogP contribution in [0.5, 0.6) is 0 Å². The average Bonchev–Trinajstić information content (AvgIpc) is 3.55. The topological polar surface area (TPSA) is 43.9 Å². The number of aromatic nitrogens is 3. The molecule has 3 heterocycles. The Bertz CT molecular complexity index is 2110. The van der Waals surface area contributed by atoms with Gasteiger partial charge in [0.25, 0.3) is 0 Å². The highest BCUT2D eigenvalue weighted by Crippen LogP contribution is 2.42. The van der Waals surface area contributed by atoms with Crippen LogP contribution >= 0.6 is 0 Å². The van der Waals surface area contributed by atoms with Crippen LogP contribution in [0.25, 0.3) is 61.2 Å². The van der Waals surface area contributed by atoms with Crippen LogP contribution in [-0.4, -0.2) is 14.5 Å². The molecule has 3 aromatic heterocycles. The van der Waals surface area contributed by atoms with Gasteiger partial charge in [-0.05, 0) is 83.0 Å². The van der Waals surface area contributed by atoms with E-state index in [-0.39, 0.29) is 11.3 Å². The minimum Gasteiger partial charge on any atom is -0.456 e. The molecular weight excluding hydrogens is 514 g/mol. The summed E-state index contributed by atoms with van der Waals surface area (Å²) < 4.78 is 8.55. The van der Waals surface area contributed by atoms with Gasteiger partial charge in [0.05, 0.1) is 22.4 Å². The van der Waals surface area contributed by atoms with Crippen LogP contribution in [0.4, 0.5) is 0 Å². The number of para-hydroxylation sites is 1. The molecule has 0 aliphatic heterocycles. The fraction of sp³-hybridized carbons (Fsp3) is 0.211. The van der Waals surface area contributed by atoms with Gasteiger partial charge in [-0.3, -0.25) is 9.55 Å². The summed E-state index contributed by atoms with van der Waals surface area (Å²) in [7, 11) is 0. The first kappa shape index (κ1) is 26.2. The molecule has 0 aliphatic rings. The number of hydrogen-bond acceptors (Lipinski definition) is 3. The first-order chi connectivity index (χ1) is 20.2. The lowest BCUT2D eigenvalue weighted by molar-refractivity contribution is 0.585. The molecule has 0 amide bonds. The van der Waals surface area contributed by atoms with Crippen molar-refractivity contribution in [2.45, 2.75) is 52.9 Å². The Balaban J connectivity index is 1.60. The summed E-state index contributed by atoms with van der Waals surface area (Å²) in [5, 5.41) is 2.21. The number of fused-ring (bicyclic) bond motifs is 4. The molecule has 4 aromatic carbocycles. The van der Waals surface area contributed by atoms with Gasteiger partial charge in [0, 0.05) is 22.5 Å². The first-order valence-corrected chi connectivity index (χ1v) is 14.7. The van der Waals surface area contributed by atoms with E-state index in [2.05, 4.69) is 119 Å². The number of imidazole rings is 1. The standard InChI is InChI=1S/C38H35N3O/c1-23(2)29-21-27(25-12-8-7-9-13-25)22-31(38(4,5)6)36(29)41-35-24(3)39-19-18-32(35)40-37(41)26-16-17-34-30(20-26)28-14-10-11-15-33(28)42-34/h7-23H,1-6H3. The highest BCUT2D eigenvalue weighted by Gasteiger charge is 2.28. The van der Waals surface area contributed by atoms with Crippen molar-refractivity contribution in [1.29, 1.82) is 0 Å². The van der Waals surface area contributed by atoms with Crippen LogP contribution in [0.15, 0.2) is 102 Å². The van der Waals surface area contributed by atoms with E-state index in [9.17, 15) is 0 Å². The summed E-state index contributed by atoms with van der Waals surface area (Å²) in [6.07, 6.45) is 1.86. The summed E-state index contributed by atoms with van der Waals surface area (Å²) in [5.74, 6) is 1.19. The number of hydrogen-bond donors (Lipinski definition) is 0. The smallest absolute Gasteiger partial charge is 0.145 e. The monoisotopic (exact) mass is 549 g/mol. The lowest BCUT2D eigenvalue weighted by atomic mass is 9.80. The van der Waals surface area contributed by atoms with E-state index in [1.165, 1.54) is 27.9 Å². The maximum atomic E-state index is 6.17. The molecule has 4 nitrogen and oxygen atoms in total. The molecular formula is C38H35N3O. The Hall–Kier alpha value is -4.70. The van der Waals surface area contributed by atoms with E-state index in [4.69, 9.17) is 14.4 Å². The van der Waals surface area contributed by atoms with Gasteiger partial charge < -0.3 is 4.42 Å². The van der Waals surface area contributed by atoms with Gasteiger partial charge in [-0.15, -0.1) is 0 Å². The van der Waals surface area contributed by atoms with E-state index in [1.54, 1.807) is 0 Å². The average molecular weight is 550 g/mol. The van der Waals surface area contributed by atoms with Crippen molar-refractivity contribution in [2.24, 2.45) is 0 Å². The molecule has 0 atom stereocenters. The second-order valence-electron chi connectivity index (χ2n) is 12.6. The third kappa shape index (κ3) is 4.21. The summed E-state index contributed by atoms with van der Waals surface area (Å²) in [4.78, 5) is 10.0. The van der Waals surface area contributed by atoms with Crippen molar-refractivity contribution in [3.05, 3.63) is 114 Å². The number of benzene rings is 4. The van der Waals surface area contributed by atoms with Crippen LogP contribution in [0, 0.1) is 6.92 Å².